The molecule has 0 bridgehead atoms. The number of hydrogen-bond donors (Lipinski definition) is 0. The van der Waals surface area contributed by atoms with E-state index in [4.69, 9.17) is 11.6 Å². The van der Waals surface area contributed by atoms with Crippen LogP contribution >= 0.6 is 11.6 Å². The van der Waals surface area contributed by atoms with Crippen molar-refractivity contribution < 1.29 is 4.79 Å². The maximum absolute atomic E-state index is 12.7. The van der Waals surface area contributed by atoms with Crippen LogP contribution in [0.5, 0.6) is 0 Å². The van der Waals surface area contributed by atoms with Crippen LogP contribution in [0.25, 0.3) is 10.9 Å². The molecular weight excluding hydrogens is 296 g/mol. The van der Waals surface area contributed by atoms with Crippen molar-refractivity contribution >= 4 is 34.1 Å². The smallest absolute Gasteiger partial charge is 0.260 e. The number of nitrogens with zero attached hydrogens (tertiary/aromatic N) is 2. The summed E-state index contributed by atoms with van der Waals surface area (Å²) in [6.45, 7) is 2.54. The molecule has 2 aromatic carbocycles. The molecule has 0 spiro atoms. The Bertz CT molecular complexity index is 903. The van der Waals surface area contributed by atoms with Crippen LogP contribution in [0, 0.1) is 6.92 Å². The van der Waals surface area contributed by atoms with E-state index < -0.39 is 0 Å². The Hall–Kier alpha value is -2.39. The van der Waals surface area contributed by atoms with Gasteiger partial charge in [0.2, 0.25) is 0 Å². The Morgan fingerprint density at radius 3 is 2.64 bits per heavy atom. The molecule has 3 nitrogen and oxygen atoms in total. The van der Waals surface area contributed by atoms with E-state index >= 15 is 0 Å². The Labute approximate surface area is 133 Å². The second-order valence-corrected chi connectivity index (χ2v) is 5.98. The molecule has 0 saturated carbocycles. The number of carbonyl (C=O) groups excluding carboxylic acids is 1. The third-order valence-electron chi connectivity index (χ3n) is 3.98. The van der Waals surface area contributed by atoms with Gasteiger partial charge in [-0.3, -0.25) is 9.78 Å². The quantitative estimate of drug-likeness (QED) is 0.669. The van der Waals surface area contributed by atoms with Gasteiger partial charge in [-0.25, -0.2) is 0 Å². The lowest BCUT2D eigenvalue weighted by molar-refractivity contribution is 0.0996. The van der Waals surface area contributed by atoms with Gasteiger partial charge in [0.1, 0.15) is 0 Å². The molecule has 0 N–H and O–H groups in total. The summed E-state index contributed by atoms with van der Waals surface area (Å²) >= 11 is 6.02. The van der Waals surface area contributed by atoms with Crippen molar-refractivity contribution in [3.8, 4) is 0 Å². The molecule has 22 heavy (non-hydrogen) atoms. The van der Waals surface area contributed by atoms with Gasteiger partial charge in [-0.1, -0.05) is 29.3 Å². The minimum atomic E-state index is -0.00627. The minimum absolute atomic E-state index is 0.00627. The molecule has 0 aliphatic carbocycles. The first-order valence-corrected chi connectivity index (χ1v) is 7.47. The number of hydrogen-bond acceptors (Lipinski definition) is 2. The summed E-state index contributed by atoms with van der Waals surface area (Å²) in [4.78, 5) is 19.0. The van der Waals surface area contributed by atoms with Crippen LogP contribution < -0.4 is 4.90 Å². The largest absolute Gasteiger partial charge is 0.302 e. The van der Waals surface area contributed by atoms with E-state index in [9.17, 15) is 4.79 Å². The summed E-state index contributed by atoms with van der Waals surface area (Å²) in [6, 6.07) is 15.4. The summed E-state index contributed by atoms with van der Waals surface area (Å²) in [7, 11) is 0. The van der Waals surface area contributed by atoms with Gasteiger partial charge in [0.25, 0.3) is 5.91 Å². The number of fused-ring (bicyclic) bond motifs is 2. The average Bonchev–Trinajstić information content (AvgIpc) is 2.82. The third kappa shape index (κ3) is 2.06. The summed E-state index contributed by atoms with van der Waals surface area (Å²) in [5.74, 6) is -0.00627. The number of aryl methyl sites for hydroxylation is 1. The molecule has 1 aromatic heterocycles. The lowest BCUT2D eigenvalue weighted by Crippen LogP contribution is -2.22. The van der Waals surface area contributed by atoms with Gasteiger partial charge in [0, 0.05) is 16.1 Å². The zero-order valence-electron chi connectivity index (χ0n) is 12.0. The van der Waals surface area contributed by atoms with Gasteiger partial charge in [-0.15, -0.1) is 0 Å². The molecule has 4 heteroatoms. The van der Waals surface area contributed by atoms with Gasteiger partial charge >= 0.3 is 0 Å². The first kappa shape index (κ1) is 13.3. The summed E-state index contributed by atoms with van der Waals surface area (Å²) in [6.07, 6.45) is 0. The zero-order chi connectivity index (χ0) is 15.3. The van der Waals surface area contributed by atoms with Crippen LogP contribution in [-0.4, -0.2) is 10.9 Å². The maximum atomic E-state index is 12.7. The number of anilines is 1. The van der Waals surface area contributed by atoms with E-state index in [0.29, 0.717) is 17.1 Å². The van der Waals surface area contributed by atoms with Crippen LogP contribution in [0.15, 0.2) is 48.5 Å². The molecule has 2 heterocycles. The first-order chi connectivity index (χ1) is 10.6. The van der Waals surface area contributed by atoms with Crippen LogP contribution in [-0.2, 0) is 6.54 Å². The lowest BCUT2D eigenvalue weighted by atomic mass is 10.1. The van der Waals surface area contributed by atoms with Crippen molar-refractivity contribution in [2.45, 2.75) is 13.5 Å². The van der Waals surface area contributed by atoms with Crippen LogP contribution in [0.4, 0.5) is 5.69 Å². The Kier molecular flexibility index (Phi) is 2.91. The molecule has 0 saturated heterocycles. The normalized spacial score (nSPS) is 13.7. The van der Waals surface area contributed by atoms with Crippen LogP contribution in [0.3, 0.4) is 0 Å². The van der Waals surface area contributed by atoms with E-state index in [1.54, 1.807) is 4.90 Å². The minimum Gasteiger partial charge on any atom is -0.302 e. The van der Waals surface area contributed by atoms with Crippen molar-refractivity contribution in [2.75, 3.05) is 4.90 Å². The van der Waals surface area contributed by atoms with Gasteiger partial charge in [0.05, 0.1) is 23.3 Å². The second-order valence-electron chi connectivity index (χ2n) is 5.55. The standard InChI is InChI=1S/C18H13ClN2O/c1-11-2-5-14(6-3-11)21-10-17-15(18(21)22)9-12-8-13(19)4-7-16(12)20-17/h2-9H,10H2,1H3. The Morgan fingerprint density at radius 1 is 1.09 bits per heavy atom. The monoisotopic (exact) mass is 308 g/mol. The van der Waals surface area contributed by atoms with Crippen molar-refractivity contribution in [1.82, 2.24) is 4.98 Å². The first-order valence-electron chi connectivity index (χ1n) is 7.09. The number of pyridine rings is 1. The molecule has 108 valence electrons. The van der Waals surface area contributed by atoms with Gasteiger partial charge in [0.15, 0.2) is 0 Å². The third-order valence-corrected chi connectivity index (χ3v) is 4.22. The van der Waals surface area contributed by atoms with Gasteiger partial charge in [-0.2, -0.15) is 0 Å². The zero-order valence-corrected chi connectivity index (χ0v) is 12.8. The summed E-state index contributed by atoms with van der Waals surface area (Å²) < 4.78 is 0. The van der Waals surface area contributed by atoms with Crippen LogP contribution in [0.2, 0.25) is 5.02 Å². The molecule has 4 rings (SSSR count). The molecule has 0 unspecified atom stereocenters. The molecule has 0 radical (unpaired) electrons. The average molecular weight is 309 g/mol. The molecule has 1 aliphatic heterocycles. The second kappa shape index (κ2) is 4.82. The van der Waals surface area contributed by atoms with E-state index in [1.807, 2.05) is 55.5 Å². The molecule has 3 aromatic rings. The van der Waals surface area contributed by atoms with E-state index in [2.05, 4.69) is 4.98 Å². The predicted octanol–water partition coefficient (Wildman–Crippen LogP) is 4.36. The number of aromatic nitrogens is 1. The number of rotatable bonds is 1. The van der Waals surface area contributed by atoms with Crippen molar-refractivity contribution in [3.63, 3.8) is 0 Å². The van der Waals surface area contributed by atoms with Gasteiger partial charge < -0.3 is 4.90 Å². The van der Waals surface area contributed by atoms with Crippen LogP contribution in [0.1, 0.15) is 21.6 Å². The van der Waals surface area contributed by atoms with E-state index in [1.165, 1.54) is 5.56 Å². The van der Waals surface area contributed by atoms with E-state index in [-0.39, 0.29) is 5.91 Å². The maximum Gasteiger partial charge on any atom is 0.260 e. The molecule has 1 amide bonds. The van der Waals surface area contributed by atoms with Gasteiger partial charge in [-0.05, 0) is 43.3 Å². The summed E-state index contributed by atoms with van der Waals surface area (Å²) in [5.41, 5.74) is 4.42. The predicted molar refractivity (Wildman–Crippen MR) is 88.4 cm³/mol. The number of amides is 1. The molecule has 0 fully saturated rings. The van der Waals surface area contributed by atoms with E-state index in [0.717, 1.165) is 22.3 Å². The fourth-order valence-electron chi connectivity index (χ4n) is 2.79. The lowest BCUT2D eigenvalue weighted by Gasteiger charge is -2.15. The highest BCUT2D eigenvalue weighted by Crippen LogP contribution is 2.30. The topological polar surface area (TPSA) is 33.2 Å². The molecule has 0 atom stereocenters. The SMILES string of the molecule is Cc1ccc(N2Cc3nc4ccc(Cl)cc4cc3C2=O)cc1. The van der Waals surface area contributed by atoms with Crippen molar-refractivity contribution in [2.24, 2.45) is 0 Å². The molecule has 1 aliphatic rings. The Morgan fingerprint density at radius 2 is 1.86 bits per heavy atom. The number of carbonyl (C=O) groups is 1. The molecular formula is C18H13ClN2O. The Balaban J connectivity index is 1.80. The van der Waals surface area contributed by atoms with Crippen molar-refractivity contribution in [1.29, 1.82) is 0 Å². The fraction of sp³-hybridized carbons (Fsp3) is 0.111. The number of halogens is 1. The van der Waals surface area contributed by atoms with Crippen molar-refractivity contribution in [3.05, 3.63) is 70.4 Å². The fourth-order valence-corrected chi connectivity index (χ4v) is 2.97. The summed E-state index contributed by atoms with van der Waals surface area (Å²) in [5, 5.41) is 1.54. The highest BCUT2D eigenvalue weighted by atomic mass is 35.5. The highest BCUT2D eigenvalue weighted by Gasteiger charge is 2.30. The number of benzene rings is 2. The highest BCUT2D eigenvalue weighted by molar-refractivity contribution is 6.31.